The van der Waals surface area contributed by atoms with E-state index in [0.717, 1.165) is 16.1 Å². The summed E-state index contributed by atoms with van der Waals surface area (Å²) in [6.45, 7) is 0.490. The third kappa shape index (κ3) is 1.32. The fraction of sp³-hybridized carbons (Fsp3) is 0.200. The van der Waals surface area contributed by atoms with Gasteiger partial charge in [-0.2, -0.15) is 0 Å². The number of aryl methyl sites for hydroxylation is 1. The second-order valence-electron chi connectivity index (χ2n) is 3.13. The monoisotopic (exact) mass is 194 g/mol. The second kappa shape index (κ2) is 3.05. The molecule has 0 atom stereocenters. The molecule has 0 aliphatic carbocycles. The van der Waals surface area contributed by atoms with Gasteiger partial charge in [0.1, 0.15) is 0 Å². The van der Waals surface area contributed by atoms with E-state index in [1.165, 1.54) is 5.39 Å². The number of nitrogens with two attached hydrogens (primary N) is 1. The van der Waals surface area contributed by atoms with Crippen molar-refractivity contribution < 1.29 is 0 Å². The number of halogens is 1. The molecule has 2 nitrogen and oxygen atoms in total. The van der Waals surface area contributed by atoms with Crippen molar-refractivity contribution in [2.45, 2.75) is 6.54 Å². The minimum absolute atomic E-state index is 0.490. The average Bonchev–Trinajstić information content (AvgIpc) is 2.47. The fourth-order valence-corrected chi connectivity index (χ4v) is 1.73. The molecule has 0 fully saturated rings. The van der Waals surface area contributed by atoms with Crippen LogP contribution in [0.4, 0.5) is 0 Å². The molecule has 0 amide bonds. The van der Waals surface area contributed by atoms with Crippen LogP contribution in [-0.2, 0) is 13.6 Å². The molecule has 2 N–H and O–H groups in total. The van der Waals surface area contributed by atoms with Crippen molar-refractivity contribution in [2.75, 3.05) is 0 Å². The van der Waals surface area contributed by atoms with Gasteiger partial charge in [-0.05, 0) is 29.1 Å². The Labute approximate surface area is 81.9 Å². The Morgan fingerprint density at radius 1 is 1.46 bits per heavy atom. The molecule has 0 aliphatic rings. The van der Waals surface area contributed by atoms with Gasteiger partial charge in [0.2, 0.25) is 0 Å². The number of benzene rings is 1. The summed E-state index contributed by atoms with van der Waals surface area (Å²) in [5.74, 6) is 0. The van der Waals surface area contributed by atoms with E-state index in [4.69, 9.17) is 17.3 Å². The number of nitrogens with zero attached hydrogens (tertiary/aromatic N) is 1. The Bertz CT molecular complexity index is 445. The highest BCUT2D eigenvalue weighted by Crippen LogP contribution is 2.23. The highest BCUT2D eigenvalue weighted by molar-refractivity contribution is 6.32. The molecule has 68 valence electrons. The number of hydrogen-bond donors (Lipinski definition) is 1. The number of aromatic nitrogens is 1. The Kier molecular flexibility index (Phi) is 2.02. The maximum absolute atomic E-state index is 6.04. The number of rotatable bonds is 1. The first-order chi connectivity index (χ1) is 6.22. The molecule has 0 saturated heterocycles. The van der Waals surface area contributed by atoms with Crippen molar-refractivity contribution in [1.29, 1.82) is 0 Å². The highest BCUT2D eigenvalue weighted by atomic mass is 35.5. The van der Waals surface area contributed by atoms with Gasteiger partial charge in [0.25, 0.3) is 0 Å². The van der Waals surface area contributed by atoms with E-state index >= 15 is 0 Å². The zero-order valence-corrected chi connectivity index (χ0v) is 8.17. The van der Waals surface area contributed by atoms with Crippen LogP contribution in [0.3, 0.4) is 0 Å². The van der Waals surface area contributed by atoms with Crippen molar-refractivity contribution in [3.63, 3.8) is 0 Å². The quantitative estimate of drug-likeness (QED) is 0.742. The molecule has 1 aromatic heterocycles. The first-order valence-electron chi connectivity index (χ1n) is 4.16. The van der Waals surface area contributed by atoms with Crippen LogP contribution in [0.1, 0.15) is 5.56 Å². The third-order valence-electron chi connectivity index (χ3n) is 2.27. The lowest BCUT2D eigenvalue weighted by atomic mass is 10.1. The summed E-state index contributed by atoms with van der Waals surface area (Å²) < 4.78 is 2.04. The Morgan fingerprint density at radius 2 is 2.23 bits per heavy atom. The molecule has 0 unspecified atom stereocenters. The predicted octanol–water partition coefficient (Wildman–Crippen LogP) is 2.29. The molecule has 0 saturated carbocycles. The van der Waals surface area contributed by atoms with E-state index in [0.29, 0.717) is 6.54 Å². The van der Waals surface area contributed by atoms with E-state index in [2.05, 4.69) is 6.07 Å². The molecule has 1 aromatic carbocycles. The summed E-state index contributed by atoms with van der Waals surface area (Å²) in [4.78, 5) is 0. The lowest BCUT2D eigenvalue weighted by molar-refractivity contribution is 0.968. The number of fused-ring (bicyclic) bond motifs is 1. The van der Waals surface area contributed by atoms with Crippen LogP contribution >= 0.6 is 11.6 Å². The number of hydrogen-bond acceptors (Lipinski definition) is 1. The van der Waals surface area contributed by atoms with E-state index in [1.54, 1.807) is 0 Å². The van der Waals surface area contributed by atoms with Crippen LogP contribution in [0.5, 0.6) is 0 Å². The molecule has 1 heterocycles. The van der Waals surface area contributed by atoms with Crippen molar-refractivity contribution in [3.8, 4) is 0 Å². The van der Waals surface area contributed by atoms with E-state index in [-0.39, 0.29) is 0 Å². The van der Waals surface area contributed by atoms with Gasteiger partial charge in [0.15, 0.2) is 0 Å². The first kappa shape index (κ1) is 8.60. The molecule has 2 rings (SSSR count). The molecule has 0 radical (unpaired) electrons. The van der Waals surface area contributed by atoms with Gasteiger partial charge in [-0.1, -0.05) is 11.6 Å². The normalized spacial score (nSPS) is 11.0. The Balaban J connectivity index is 2.76. The van der Waals surface area contributed by atoms with Crippen LogP contribution in [0.15, 0.2) is 24.4 Å². The van der Waals surface area contributed by atoms with Gasteiger partial charge in [-0.15, -0.1) is 0 Å². The van der Waals surface area contributed by atoms with Crippen molar-refractivity contribution in [2.24, 2.45) is 12.8 Å². The van der Waals surface area contributed by atoms with Crippen molar-refractivity contribution in [3.05, 3.63) is 35.0 Å². The van der Waals surface area contributed by atoms with E-state index in [1.807, 2.05) is 29.9 Å². The molecule has 2 aromatic rings. The Hall–Kier alpha value is -0.990. The third-order valence-corrected chi connectivity index (χ3v) is 2.63. The first-order valence-corrected chi connectivity index (χ1v) is 4.53. The van der Waals surface area contributed by atoms with Gasteiger partial charge < -0.3 is 10.3 Å². The van der Waals surface area contributed by atoms with Crippen LogP contribution in [-0.4, -0.2) is 4.57 Å². The zero-order chi connectivity index (χ0) is 9.42. The lowest BCUT2D eigenvalue weighted by Gasteiger charge is -2.02. The maximum Gasteiger partial charge on any atom is 0.0492 e. The van der Waals surface area contributed by atoms with E-state index in [9.17, 15) is 0 Å². The van der Waals surface area contributed by atoms with Crippen LogP contribution < -0.4 is 5.73 Å². The summed E-state index contributed by atoms with van der Waals surface area (Å²) in [5.41, 5.74) is 7.70. The average molecular weight is 195 g/mol. The minimum Gasteiger partial charge on any atom is -0.351 e. The van der Waals surface area contributed by atoms with Crippen molar-refractivity contribution in [1.82, 2.24) is 4.57 Å². The van der Waals surface area contributed by atoms with Crippen LogP contribution in [0, 0.1) is 0 Å². The molecular weight excluding hydrogens is 184 g/mol. The smallest absolute Gasteiger partial charge is 0.0492 e. The largest absolute Gasteiger partial charge is 0.351 e. The van der Waals surface area contributed by atoms with Gasteiger partial charge in [-0.25, -0.2) is 0 Å². The molecule has 13 heavy (non-hydrogen) atoms. The topological polar surface area (TPSA) is 30.9 Å². The van der Waals surface area contributed by atoms with Crippen molar-refractivity contribution >= 4 is 22.5 Å². The summed E-state index contributed by atoms with van der Waals surface area (Å²) in [6, 6.07) is 6.06. The lowest BCUT2D eigenvalue weighted by Crippen LogP contribution is -1.97. The molecular formula is C10H11ClN2. The van der Waals surface area contributed by atoms with Gasteiger partial charge in [0, 0.05) is 30.3 Å². The van der Waals surface area contributed by atoms with Crippen LogP contribution in [0.2, 0.25) is 5.02 Å². The summed E-state index contributed by atoms with van der Waals surface area (Å²) in [7, 11) is 2.00. The molecule has 0 bridgehead atoms. The maximum atomic E-state index is 6.04. The zero-order valence-electron chi connectivity index (χ0n) is 7.42. The predicted molar refractivity (Wildman–Crippen MR) is 55.8 cm³/mol. The van der Waals surface area contributed by atoms with Gasteiger partial charge >= 0.3 is 0 Å². The summed E-state index contributed by atoms with van der Waals surface area (Å²) in [6.07, 6.45) is 2.02. The molecule has 0 aliphatic heterocycles. The SMILES string of the molecule is Cn1ccc2cc(CN)c(Cl)cc21. The molecule has 0 spiro atoms. The summed E-state index contributed by atoms with van der Waals surface area (Å²) in [5, 5.41) is 1.93. The van der Waals surface area contributed by atoms with E-state index < -0.39 is 0 Å². The minimum atomic E-state index is 0.490. The standard InChI is InChI=1S/C10H11ClN2/c1-13-3-2-7-4-8(6-12)9(11)5-10(7)13/h2-5H,6,12H2,1H3. The second-order valence-corrected chi connectivity index (χ2v) is 3.54. The van der Waals surface area contributed by atoms with Crippen LogP contribution in [0.25, 0.3) is 10.9 Å². The van der Waals surface area contributed by atoms with Gasteiger partial charge in [-0.3, -0.25) is 0 Å². The fourth-order valence-electron chi connectivity index (χ4n) is 1.49. The highest BCUT2D eigenvalue weighted by Gasteiger charge is 2.03. The Morgan fingerprint density at radius 3 is 2.92 bits per heavy atom. The molecule has 3 heteroatoms. The van der Waals surface area contributed by atoms with Gasteiger partial charge in [0.05, 0.1) is 0 Å². The summed E-state index contributed by atoms with van der Waals surface area (Å²) >= 11 is 6.04.